The molecule has 1 heterocycles. The van der Waals surface area contributed by atoms with Gasteiger partial charge in [-0.1, -0.05) is 0 Å². The van der Waals surface area contributed by atoms with Gasteiger partial charge in [-0.15, -0.1) is 0 Å². The highest BCUT2D eigenvalue weighted by molar-refractivity contribution is 8.00. The van der Waals surface area contributed by atoms with Crippen molar-refractivity contribution in [1.29, 1.82) is 0 Å². The van der Waals surface area contributed by atoms with E-state index in [1.54, 1.807) is 0 Å². The molecule has 1 rings (SSSR count). The van der Waals surface area contributed by atoms with E-state index in [0.717, 1.165) is 0 Å². The highest BCUT2D eigenvalue weighted by Crippen LogP contribution is 2.28. The Balaban J connectivity index is 2.41. The standard InChI is InChI=1S/C5H9FO2S/c6-3-2-9-4(1-7)5(3)8/h3-5,7-8H,1-2H2/t3-,4-,5+/m0/s1. The van der Waals surface area contributed by atoms with Crippen LogP contribution in [0.5, 0.6) is 0 Å². The second-order valence-corrected chi connectivity index (χ2v) is 3.33. The minimum atomic E-state index is -1.15. The molecule has 0 amide bonds. The molecule has 0 aromatic heterocycles. The van der Waals surface area contributed by atoms with Crippen LogP contribution in [-0.4, -0.2) is 40.1 Å². The van der Waals surface area contributed by atoms with Gasteiger partial charge in [0.05, 0.1) is 11.9 Å². The number of aliphatic hydroxyl groups is 2. The molecule has 1 fully saturated rings. The van der Waals surface area contributed by atoms with Gasteiger partial charge in [0.25, 0.3) is 0 Å². The largest absolute Gasteiger partial charge is 0.395 e. The van der Waals surface area contributed by atoms with E-state index >= 15 is 0 Å². The lowest BCUT2D eigenvalue weighted by atomic mass is 10.2. The van der Waals surface area contributed by atoms with Crippen molar-refractivity contribution in [3.63, 3.8) is 0 Å². The van der Waals surface area contributed by atoms with Crippen molar-refractivity contribution in [2.45, 2.75) is 17.5 Å². The number of hydrogen-bond acceptors (Lipinski definition) is 3. The fourth-order valence-corrected chi connectivity index (χ4v) is 1.91. The SMILES string of the molecule is OC[C@@H]1SC[C@H](F)[C@H]1O. The van der Waals surface area contributed by atoms with Crippen LogP contribution in [0.25, 0.3) is 0 Å². The van der Waals surface area contributed by atoms with E-state index in [2.05, 4.69) is 0 Å². The number of thioether (sulfide) groups is 1. The van der Waals surface area contributed by atoms with E-state index in [1.807, 2.05) is 0 Å². The summed E-state index contributed by atoms with van der Waals surface area (Å²) < 4.78 is 12.4. The van der Waals surface area contributed by atoms with Crippen molar-refractivity contribution in [3.8, 4) is 0 Å². The number of aliphatic hydroxyl groups excluding tert-OH is 2. The molecule has 0 radical (unpaired) electrons. The summed E-state index contributed by atoms with van der Waals surface area (Å²) in [6.45, 7) is -0.133. The van der Waals surface area contributed by atoms with Gasteiger partial charge in [0.2, 0.25) is 0 Å². The molecule has 4 heteroatoms. The first-order chi connectivity index (χ1) is 4.25. The fourth-order valence-electron chi connectivity index (χ4n) is 0.806. The lowest BCUT2D eigenvalue weighted by Gasteiger charge is -2.09. The van der Waals surface area contributed by atoms with Crippen molar-refractivity contribution in [2.24, 2.45) is 0 Å². The number of hydrogen-bond donors (Lipinski definition) is 2. The summed E-state index contributed by atoms with van der Waals surface area (Å²) >= 11 is 1.28. The lowest BCUT2D eigenvalue weighted by molar-refractivity contribution is 0.0816. The molecule has 3 atom stereocenters. The van der Waals surface area contributed by atoms with E-state index in [1.165, 1.54) is 11.8 Å². The van der Waals surface area contributed by atoms with Crippen molar-refractivity contribution >= 4 is 11.8 Å². The maximum Gasteiger partial charge on any atom is 0.136 e. The Morgan fingerprint density at radius 3 is 2.56 bits per heavy atom. The predicted octanol–water partition coefficient (Wildman–Crippen LogP) is -0.207. The zero-order chi connectivity index (χ0) is 6.85. The third-order valence-corrected chi connectivity index (χ3v) is 2.77. The topological polar surface area (TPSA) is 40.5 Å². The fraction of sp³-hybridized carbons (Fsp3) is 1.00. The summed E-state index contributed by atoms with van der Waals surface area (Å²) in [5.41, 5.74) is 0. The quantitative estimate of drug-likeness (QED) is 0.546. The van der Waals surface area contributed by atoms with Crippen molar-refractivity contribution in [1.82, 2.24) is 0 Å². The van der Waals surface area contributed by atoms with Gasteiger partial charge in [-0.2, -0.15) is 11.8 Å². The van der Waals surface area contributed by atoms with E-state index in [9.17, 15) is 4.39 Å². The van der Waals surface area contributed by atoms with Crippen molar-refractivity contribution in [3.05, 3.63) is 0 Å². The predicted molar refractivity (Wildman–Crippen MR) is 34.2 cm³/mol. The van der Waals surface area contributed by atoms with Crippen LogP contribution in [0, 0.1) is 0 Å². The second-order valence-electron chi connectivity index (χ2n) is 2.06. The highest BCUT2D eigenvalue weighted by atomic mass is 32.2. The van der Waals surface area contributed by atoms with Gasteiger partial charge >= 0.3 is 0 Å². The van der Waals surface area contributed by atoms with E-state index in [0.29, 0.717) is 5.75 Å². The summed E-state index contributed by atoms with van der Waals surface area (Å²) in [6.07, 6.45) is -2.10. The van der Waals surface area contributed by atoms with Gasteiger partial charge in [0.1, 0.15) is 12.3 Å². The van der Waals surface area contributed by atoms with Crippen LogP contribution in [-0.2, 0) is 0 Å². The lowest BCUT2D eigenvalue weighted by Crippen LogP contribution is -2.28. The highest BCUT2D eigenvalue weighted by Gasteiger charge is 2.34. The van der Waals surface area contributed by atoms with Crippen LogP contribution in [0.15, 0.2) is 0 Å². The Morgan fingerprint density at radius 1 is 1.67 bits per heavy atom. The third kappa shape index (κ3) is 1.36. The van der Waals surface area contributed by atoms with E-state index in [-0.39, 0.29) is 11.9 Å². The van der Waals surface area contributed by atoms with Crippen LogP contribution in [0.3, 0.4) is 0 Å². The number of halogens is 1. The van der Waals surface area contributed by atoms with Gasteiger partial charge in [-0.25, -0.2) is 4.39 Å². The molecular formula is C5H9FO2S. The van der Waals surface area contributed by atoms with Crippen LogP contribution >= 0.6 is 11.8 Å². The Morgan fingerprint density at radius 2 is 2.33 bits per heavy atom. The Labute approximate surface area is 57.1 Å². The first-order valence-electron chi connectivity index (χ1n) is 2.80. The average molecular weight is 152 g/mol. The molecule has 0 spiro atoms. The summed E-state index contributed by atoms with van der Waals surface area (Å²) in [4.78, 5) is 0. The average Bonchev–Trinajstić information content (AvgIpc) is 2.15. The summed E-state index contributed by atoms with van der Waals surface area (Å²) in [6, 6.07) is 0. The minimum Gasteiger partial charge on any atom is -0.395 e. The zero-order valence-electron chi connectivity index (χ0n) is 4.83. The minimum absolute atomic E-state index is 0.133. The van der Waals surface area contributed by atoms with Crippen molar-refractivity contribution in [2.75, 3.05) is 12.4 Å². The molecule has 0 aromatic rings. The molecule has 0 aliphatic carbocycles. The number of rotatable bonds is 1. The molecule has 0 bridgehead atoms. The van der Waals surface area contributed by atoms with Crippen molar-refractivity contribution < 1.29 is 14.6 Å². The molecule has 54 valence electrons. The normalized spacial score (nSPS) is 43.7. The van der Waals surface area contributed by atoms with Crippen LogP contribution < -0.4 is 0 Å². The van der Waals surface area contributed by atoms with E-state index in [4.69, 9.17) is 10.2 Å². The molecule has 1 aliphatic rings. The molecule has 2 N–H and O–H groups in total. The first kappa shape index (κ1) is 7.31. The van der Waals surface area contributed by atoms with Gasteiger partial charge in [0, 0.05) is 5.75 Å². The summed E-state index contributed by atoms with van der Waals surface area (Å²) in [5.74, 6) is 0.312. The molecule has 1 aliphatic heterocycles. The molecule has 2 nitrogen and oxygen atoms in total. The van der Waals surface area contributed by atoms with Crippen LogP contribution in [0.1, 0.15) is 0 Å². The van der Waals surface area contributed by atoms with Crippen LogP contribution in [0.2, 0.25) is 0 Å². The van der Waals surface area contributed by atoms with Crippen LogP contribution in [0.4, 0.5) is 4.39 Å². The monoisotopic (exact) mass is 152 g/mol. The molecule has 1 saturated heterocycles. The molecule has 0 aromatic carbocycles. The first-order valence-corrected chi connectivity index (χ1v) is 3.85. The molecule has 0 unspecified atom stereocenters. The Kier molecular flexibility index (Phi) is 2.32. The molecule has 0 saturated carbocycles. The van der Waals surface area contributed by atoms with Gasteiger partial charge < -0.3 is 10.2 Å². The maximum atomic E-state index is 12.4. The molecule has 9 heavy (non-hydrogen) atoms. The third-order valence-electron chi connectivity index (χ3n) is 1.40. The van der Waals surface area contributed by atoms with E-state index < -0.39 is 12.3 Å². The number of alkyl halides is 1. The maximum absolute atomic E-state index is 12.4. The Hall–Kier alpha value is 0.200. The Bertz CT molecular complexity index is 101. The summed E-state index contributed by atoms with van der Waals surface area (Å²) in [7, 11) is 0. The zero-order valence-corrected chi connectivity index (χ0v) is 5.64. The molecular weight excluding hydrogens is 143 g/mol. The van der Waals surface area contributed by atoms with Gasteiger partial charge in [0.15, 0.2) is 0 Å². The smallest absolute Gasteiger partial charge is 0.136 e. The van der Waals surface area contributed by atoms with Gasteiger partial charge in [-0.05, 0) is 0 Å². The second kappa shape index (κ2) is 2.86. The summed E-state index contributed by atoms with van der Waals surface area (Å²) in [5, 5.41) is 17.1. The van der Waals surface area contributed by atoms with Gasteiger partial charge in [-0.3, -0.25) is 0 Å².